The van der Waals surface area contributed by atoms with Crippen molar-refractivity contribution in [2.75, 3.05) is 5.32 Å². The molecule has 2 rings (SSSR count). The molecule has 2 aromatic rings. The van der Waals surface area contributed by atoms with Gasteiger partial charge in [0.15, 0.2) is 0 Å². The number of aromatic nitrogens is 4. The fourth-order valence-electron chi connectivity index (χ4n) is 1.70. The average molecular weight is 277 g/mol. The summed E-state index contributed by atoms with van der Waals surface area (Å²) in [5, 5.41) is 20.1. The predicted molar refractivity (Wildman–Crippen MR) is 74.4 cm³/mol. The van der Waals surface area contributed by atoms with Crippen LogP contribution < -0.4 is 5.32 Å². The SMILES string of the molecule is CC(C)(C)n1cc(CNc2cnn(CC(=O)O)c2)cn1. The van der Waals surface area contributed by atoms with E-state index in [4.69, 9.17) is 5.11 Å². The zero-order chi connectivity index (χ0) is 14.8. The molecular formula is C13H19N5O2. The van der Waals surface area contributed by atoms with Crippen molar-refractivity contribution in [2.24, 2.45) is 0 Å². The lowest BCUT2D eigenvalue weighted by atomic mass is 10.1. The number of hydrogen-bond acceptors (Lipinski definition) is 4. The molecule has 0 amide bonds. The Morgan fingerprint density at radius 2 is 2.05 bits per heavy atom. The highest BCUT2D eigenvalue weighted by Gasteiger charge is 2.13. The van der Waals surface area contributed by atoms with Gasteiger partial charge in [-0.2, -0.15) is 10.2 Å². The summed E-state index contributed by atoms with van der Waals surface area (Å²) in [6, 6.07) is 0. The average Bonchev–Trinajstić information content (AvgIpc) is 2.93. The van der Waals surface area contributed by atoms with Crippen molar-refractivity contribution in [1.29, 1.82) is 0 Å². The minimum absolute atomic E-state index is 0.0371. The molecule has 2 heterocycles. The number of nitrogens with one attached hydrogen (secondary N) is 1. The van der Waals surface area contributed by atoms with E-state index in [9.17, 15) is 4.79 Å². The molecule has 0 radical (unpaired) electrons. The predicted octanol–water partition coefficient (Wildman–Crippen LogP) is 1.53. The van der Waals surface area contributed by atoms with Crippen molar-refractivity contribution in [2.45, 2.75) is 39.4 Å². The van der Waals surface area contributed by atoms with Crippen LogP contribution in [0.1, 0.15) is 26.3 Å². The van der Waals surface area contributed by atoms with Crippen molar-refractivity contribution >= 4 is 11.7 Å². The lowest BCUT2D eigenvalue weighted by molar-refractivity contribution is -0.137. The largest absolute Gasteiger partial charge is 0.480 e. The molecule has 0 unspecified atom stereocenters. The van der Waals surface area contributed by atoms with Gasteiger partial charge < -0.3 is 10.4 Å². The van der Waals surface area contributed by atoms with Gasteiger partial charge in [-0.05, 0) is 20.8 Å². The summed E-state index contributed by atoms with van der Waals surface area (Å²) in [6.45, 7) is 6.76. The highest BCUT2D eigenvalue weighted by molar-refractivity contribution is 5.66. The van der Waals surface area contributed by atoms with Gasteiger partial charge in [0.2, 0.25) is 0 Å². The minimum Gasteiger partial charge on any atom is -0.480 e. The summed E-state index contributed by atoms with van der Waals surface area (Å²) in [4.78, 5) is 10.6. The molecule has 0 atom stereocenters. The van der Waals surface area contributed by atoms with Crippen molar-refractivity contribution in [3.05, 3.63) is 30.4 Å². The second kappa shape index (κ2) is 5.36. The number of anilines is 1. The molecule has 2 aromatic heterocycles. The maximum Gasteiger partial charge on any atom is 0.325 e. The fourth-order valence-corrected chi connectivity index (χ4v) is 1.70. The monoisotopic (exact) mass is 277 g/mol. The van der Waals surface area contributed by atoms with E-state index in [0.29, 0.717) is 6.54 Å². The van der Waals surface area contributed by atoms with Gasteiger partial charge in [0, 0.05) is 24.5 Å². The first kappa shape index (κ1) is 14.1. The molecule has 0 aromatic carbocycles. The van der Waals surface area contributed by atoms with Gasteiger partial charge in [0.25, 0.3) is 0 Å². The Kier molecular flexibility index (Phi) is 3.78. The van der Waals surface area contributed by atoms with Crippen LogP contribution in [-0.2, 0) is 23.4 Å². The summed E-state index contributed by atoms with van der Waals surface area (Å²) < 4.78 is 3.29. The van der Waals surface area contributed by atoms with E-state index in [1.807, 2.05) is 17.1 Å². The van der Waals surface area contributed by atoms with E-state index >= 15 is 0 Å². The smallest absolute Gasteiger partial charge is 0.325 e. The molecule has 0 fully saturated rings. The third-order valence-electron chi connectivity index (χ3n) is 2.75. The van der Waals surface area contributed by atoms with Crippen molar-refractivity contribution in [3.8, 4) is 0 Å². The summed E-state index contributed by atoms with van der Waals surface area (Å²) >= 11 is 0. The van der Waals surface area contributed by atoms with Crippen LogP contribution in [0.4, 0.5) is 5.69 Å². The molecule has 0 aliphatic rings. The molecule has 7 nitrogen and oxygen atoms in total. The molecule has 20 heavy (non-hydrogen) atoms. The number of carbonyl (C=O) groups is 1. The van der Waals surface area contributed by atoms with Crippen LogP contribution in [0, 0.1) is 0 Å². The van der Waals surface area contributed by atoms with E-state index in [1.165, 1.54) is 4.68 Å². The van der Waals surface area contributed by atoms with Crippen LogP contribution in [0.15, 0.2) is 24.8 Å². The summed E-state index contributed by atoms with van der Waals surface area (Å²) in [5.74, 6) is -0.911. The van der Waals surface area contributed by atoms with Crippen LogP contribution >= 0.6 is 0 Å². The first-order valence-electron chi connectivity index (χ1n) is 6.37. The standard InChI is InChI=1S/C13H19N5O2/c1-13(2,3)18-7-10(5-16-18)4-14-11-6-15-17(8-11)9-12(19)20/h5-8,14H,4,9H2,1-3H3,(H,19,20). The maximum atomic E-state index is 10.6. The highest BCUT2D eigenvalue weighted by Crippen LogP contribution is 2.14. The summed E-state index contributed by atoms with van der Waals surface area (Å²) in [7, 11) is 0. The lowest BCUT2D eigenvalue weighted by Crippen LogP contribution is -2.21. The number of aliphatic carboxylic acids is 1. The summed E-state index contributed by atoms with van der Waals surface area (Å²) in [6.07, 6.45) is 7.09. The number of carboxylic acid groups (broad SMARTS) is 1. The Labute approximate surface area is 117 Å². The van der Waals surface area contributed by atoms with Gasteiger partial charge in [-0.25, -0.2) is 0 Å². The minimum atomic E-state index is -0.911. The fraction of sp³-hybridized carbons (Fsp3) is 0.462. The van der Waals surface area contributed by atoms with Gasteiger partial charge in [0.05, 0.1) is 23.6 Å². The van der Waals surface area contributed by atoms with Gasteiger partial charge in [-0.1, -0.05) is 0 Å². The zero-order valence-corrected chi connectivity index (χ0v) is 11.9. The second-order valence-corrected chi connectivity index (χ2v) is 5.64. The van der Waals surface area contributed by atoms with Gasteiger partial charge in [-0.3, -0.25) is 14.2 Å². The Morgan fingerprint density at radius 3 is 2.65 bits per heavy atom. The van der Waals surface area contributed by atoms with Crippen LogP contribution in [0.3, 0.4) is 0 Å². The summed E-state index contributed by atoms with van der Waals surface area (Å²) in [5.41, 5.74) is 1.81. The number of rotatable bonds is 5. The quantitative estimate of drug-likeness (QED) is 0.865. The van der Waals surface area contributed by atoms with E-state index in [2.05, 4.69) is 36.3 Å². The van der Waals surface area contributed by atoms with Crippen LogP contribution in [0.25, 0.3) is 0 Å². The van der Waals surface area contributed by atoms with Gasteiger partial charge >= 0.3 is 5.97 Å². The zero-order valence-electron chi connectivity index (χ0n) is 11.9. The molecule has 0 spiro atoms. The van der Waals surface area contributed by atoms with E-state index in [1.54, 1.807) is 12.4 Å². The third kappa shape index (κ3) is 3.59. The lowest BCUT2D eigenvalue weighted by Gasteiger charge is -2.18. The molecule has 0 saturated heterocycles. The molecule has 0 bridgehead atoms. The molecule has 108 valence electrons. The molecule has 7 heteroatoms. The topological polar surface area (TPSA) is 85.0 Å². The Bertz CT molecular complexity index is 594. The molecule has 0 saturated carbocycles. The maximum absolute atomic E-state index is 10.6. The molecule has 0 aliphatic carbocycles. The van der Waals surface area contributed by atoms with Gasteiger partial charge in [-0.15, -0.1) is 0 Å². The number of carboxylic acids is 1. The van der Waals surface area contributed by atoms with Crippen molar-refractivity contribution in [3.63, 3.8) is 0 Å². The Hall–Kier alpha value is -2.31. The molecule has 2 N–H and O–H groups in total. The Morgan fingerprint density at radius 1 is 1.30 bits per heavy atom. The van der Waals surface area contributed by atoms with Gasteiger partial charge in [0.1, 0.15) is 6.54 Å². The van der Waals surface area contributed by atoms with Crippen LogP contribution in [-0.4, -0.2) is 30.6 Å². The normalized spacial score (nSPS) is 11.6. The number of hydrogen-bond donors (Lipinski definition) is 2. The third-order valence-corrected chi connectivity index (χ3v) is 2.75. The molecular weight excluding hydrogens is 258 g/mol. The highest BCUT2D eigenvalue weighted by atomic mass is 16.4. The molecule has 0 aliphatic heterocycles. The first-order chi connectivity index (χ1) is 9.34. The first-order valence-corrected chi connectivity index (χ1v) is 6.37. The number of nitrogens with zero attached hydrogens (tertiary/aromatic N) is 4. The van der Waals surface area contributed by atoms with Crippen LogP contribution in [0.2, 0.25) is 0 Å². The van der Waals surface area contributed by atoms with E-state index in [0.717, 1.165) is 11.3 Å². The van der Waals surface area contributed by atoms with E-state index in [-0.39, 0.29) is 12.1 Å². The Balaban J connectivity index is 1.93. The van der Waals surface area contributed by atoms with Crippen molar-refractivity contribution in [1.82, 2.24) is 19.6 Å². The van der Waals surface area contributed by atoms with Crippen molar-refractivity contribution < 1.29 is 9.90 Å². The second-order valence-electron chi connectivity index (χ2n) is 5.64. The van der Waals surface area contributed by atoms with Crippen LogP contribution in [0.5, 0.6) is 0 Å². The van der Waals surface area contributed by atoms with E-state index < -0.39 is 5.97 Å².